The molecule has 4 aromatic carbocycles. The van der Waals surface area contributed by atoms with Crippen molar-refractivity contribution in [2.24, 2.45) is 0 Å². The summed E-state index contributed by atoms with van der Waals surface area (Å²) in [5.74, 6) is 1.65. The third kappa shape index (κ3) is 13.1. The number of ether oxygens (including phenoxy) is 4. The van der Waals surface area contributed by atoms with Crippen LogP contribution in [-0.2, 0) is 71.0 Å². The topological polar surface area (TPSA) is 173 Å². The zero-order valence-corrected chi connectivity index (χ0v) is 43.4. The number of nitrogens with one attached hydrogen (secondary N) is 4. The predicted molar refractivity (Wildman–Crippen MR) is 294 cm³/mol. The van der Waals surface area contributed by atoms with Crippen LogP contribution in [0.4, 0.5) is 22.7 Å². The van der Waals surface area contributed by atoms with E-state index in [2.05, 4.69) is 21.3 Å². The minimum atomic E-state index is -0.168. The first-order chi connectivity index (χ1) is 37.0. The number of methoxy groups -OCH3 is 4. The van der Waals surface area contributed by atoms with Gasteiger partial charge >= 0.3 is 0 Å². The molecule has 0 saturated heterocycles. The third-order valence-electron chi connectivity index (χ3n) is 13.5. The number of hydrogen-bond acceptors (Lipinski definition) is 8. The minimum absolute atomic E-state index is 0.168. The van der Waals surface area contributed by atoms with E-state index in [-0.39, 0.29) is 75.0 Å². The first-order valence-electron chi connectivity index (χ1n) is 25.5. The summed E-state index contributed by atoms with van der Waals surface area (Å²) in [6, 6.07) is 30.8. The van der Waals surface area contributed by atoms with Crippen LogP contribution in [0.3, 0.4) is 0 Å². The number of aromatic nitrogens is 4. The van der Waals surface area contributed by atoms with Gasteiger partial charge in [0.05, 0.1) is 28.4 Å². The zero-order valence-electron chi connectivity index (χ0n) is 43.4. The van der Waals surface area contributed by atoms with Crippen molar-refractivity contribution in [3.8, 4) is 23.0 Å². The highest BCUT2D eigenvalue weighted by Crippen LogP contribution is 2.42. The molecule has 0 fully saturated rings. The van der Waals surface area contributed by atoms with Crippen molar-refractivity contribution in [1.82, 2.24) is 18.3 Å². The Hall–Kier alpha value is -8.92. The van der Waals surface area contributed by atoms with E-state index in [1.54, 1.807) is 28.4 Å². The SMILES string of the molecule is COc1c2cc(NC(=O)CCn3cccc3)cc1Cc1cc(NC(=O)CCn3cccc3)cc(c1OC)Cc1cc(NC(=O)CCn3cccc3)cc(c1OC)Cc1cc(NC(=O)CCn3cccc3)cc(c1OC)C2. The summed E-state index contributed by atoms with van der Waals surface area (Å²) < 4.78 is 33.2. The number of benzene rings is 4. The molecule has 0 unspecified atom stereocenters. The van der Waals surface area contributed by atoms with Crippen molar-refractivity contribution in [3.63, 3.8) is 0 Å². The highest BCUT2D eigenvalue weighted by molar-refractivity contribution is 5.93. The molecule has 392 valence electrons. The number of carbonyl (C=O) groups is 4. The molecule has 4 amide bonds. The van der Waals surface area contributed by atoms with Gasteiger partial charge in [-0.05, 0) is 97.1 Å². The second-order valence-corrected chi connectivity index (χ2v) is 18.9. The van der Waals surface area contributed by atoms with Crippen LogP contribution in [0, 0.1) is 0 Å². The summed E-state index contributed by atoms with van der Waals surface area (Å²) in [5, 5.41) is 12.7. The molecule has 4 N–H and O–H groups in total. The standard InChI is InChI=1S/C60H64N8O8/c1-73-57-41-29-43-35-50(62-54(70)14-26-66-19-7-8-20-66)37-45(58(43)74-2)31-47-39-52(64-56(72)16-28-68-23-11-12-24-68)40-48(60(47)76-4)32-46-38-51(63-55(71)15-27-67-21-9-10-22-67)36-44(59(46)75-3)30-42(57)34-49(33-41)61-53(69)13-25-65-17-5-6-18-65/h5-12,17-24,33-40H,13-16,25-32H2,1-4H3,(H,61,69)(H,62,70)(H,63,71)(H,64,72). The molecule has 1 aliphatic carbocycles. The number of fused-ring (bicyclic) bond motifs is 8. The number of aryl methyl sites for hydroxylation is 4. The second-order valence-electron chi connectivity index (χ2n) is 18.9. The maximum Gasteiger partial charge on any atom is 0.226 e. The van der Waals surface area contributed by atoms with Crippen LogP contribution in [0.2, 0.25) is 0 Å². The summed E-state index contributed by atoms with van der Waals surface area (Å²) in [4.78, 5) is 55.0. The predicted octanol–water partition coefficient (Wildman–Crippen LogP) is 9.72. The lowest BCUT2D eigenvalue weighted by molar-refractivity contribution is -0.117. The molecule has 0 atom stereocenters. The first kappa shape index (κ1) is 52.0. The van der Waals surface area contributed by atoms with Crippen molar-refractivity contribution >= 4 is 46.4 Å². The van der Waals surface area contributed by atoms with Gasteiger partial charge in [-0.25, -0.2) is 0 Å². The van der Waals surface area contributed by atoms with Crippen LogP contribution >= 0.6 is 0 Å². The number of nitrogens with zero attached hydrogens (tertiary/aromatic N) is 4. The Morgan fingerprint density at radius 1 is 0.329 bits per heavy atom. The molecule has 0 spiro atoms. The van der Waals surface area contributed by atoms with Gasteiger partial charge in [-0.2, -0.15) is 0 Å². The largest absolute Gasteiger partial charge is 0.496 e. The molecule has 9 rings (SSSR count). The molecule has 4 heterocycles. The number of carbonyl (C=O) groups excluding carboxylic acids is 4. The maximum absolute atomic E-state index is 13.7. The monoisotopic (exact) mass is 1020 g/mol. The van der Waals surface area contributed by atoms with Crippen molar-refractivity contribution in [2.45, 2.75) is 77.5 Å². The summed E-state index contributed by atoms with van der Waals surface area (Å²) in [5.41, 5.74) is 8.19. The van der Waals surface area contributed by atoms with Crippen LogP contribution in [-0.4, -0.2) is 70.3 Å². The molecule has 0 saturated carbocycles. The molecule has 8 bridgehead atoms. The molecule has 0 radical (unpaired) electrons. The van der Waals surface area contributed by atoms with Gasteiger partial charge in [0.15, 0.2) is 0 Å². The highest BCUT2D eigenvalue weighted by Gasteiger charge is 2.25. The normalized spacial score (nSPS) is 11.8. The summed E-state index contributed by atoms with van der Waals surface area (Å²) in [6.07, 6.45) is 17.4. The van der Waals surface area contributed by atoms with Gasteiger partial charge in [-0.3, -0.25) is 19.2 Å². The van der Waals surface area contributed by atoms with Gasteiger partial charge in [0.25, 0.3) is 0 Å². The third-order valence-corrected chi connectivity index (χ3v) is 13.5. The minimum Gasteiger partial charge on any atom is -0.496 e. The van der Waals surface area contributed by atoms with Crippen molar-refractivity contribution in [3.05, 3.63) is 191 Å². The van der Waals surface area contributed by atoms with Crippen LogP contribution in [0.1, 0.15) is 70.2 Å². The van der Waals surface area contributed by atoms with Gasteiger partial charge < -0.3 is 58.5 Å². The van der Waals surface area contributed by atoms with Crippen LogP contribution in [0.25, 0.3) is 0 Å². The first-order valence-corrected chi connectivity index (χ1v) is 25.5. The van der Waals surface area contributed by atoms with E-state index >= 15 is 0 Å². The molecular formula is C60H64N8O8. The Labute approximate surface area is 442 Å². The molecule has 0 aliphatic heterocycles. The molecular weight excluding hydrogens is 961 g/mol. The Kier molecular flexibility index (Phi) is 16.7. The lowest BCUT2D eigenvalue weighted by atomic mass is 9.90. The van der Waals surface area contributed by atoms with E-state index < -0.39 is 0 Å². The van der Waals surface area contributed by atoms with Gasteiger partial charge in [-0.1, -0.05) is 0 Å². The van der Waals surface area contributed by atoms with Gasteiger partial charge in [-0.15, -0.1) is 0 Å². The molecule has 4 aromatic heterocycles. The molecule has 16 heteroatoms. The highest BCUT2D eigenvalue weighted by atomic mass is 16.5. The zero-order chi connectivity index (χ0) is 53.0. The van der Waals surface area contributed by atoms with E-state index in [1.807, 2.05) is 165 Å². The van der Waals surface area contributed by atoms with Crippen LogP contribution < -0.4 is 40.2 Å². The Bertz CT molecular complexity index is 2760. The Balaban J connectivity index is 1.19. The molecule has 8 aromatic rings. The van der Waals surface area contributed by atoms with E-state index in [9.17, 15) is 19.2 Å². The lowest BCUT2D eigenvalue weighted by Gasteiger charge is -2.23. The maximum atomic E-state index is 13.7. The smallest absolute Gasteiger partial charge is 0.226 e. The Morgan fingerprint density at radius 3 is 0.658 bits per heavy atom. The van der Waals surface area contributed by atoms with Crippen LogP contribution in [0.5, 0.6) is 23.0 Å². The second kappa shape index (κ2) is 24.4. The van der Waals surface area contributed by atoms with Gasteiger partial charge in [0, 0.05) is 194 Å². The fourth-order valence-corrected chi connectivity index (χ4v) is 10.1. The summed E-state index contributed by atoms with van der Waals surface area (Å²) in [7, 11) is 6.50. The van der Waals surface area contributed by atoms with E-state index in [0.29, 0.717) is 71.9 Å². The average Bonchev–Trinajstić information content (AvgIpc) is 4.27. The molecule has 76 heavy (non-hydrogen) atoms. The van der Waals surface area contributed by atoms with E-state index in [4.69, 9.17) is 18.9 Å². The van der Waals surface area contributed by atoms with Crippen molar-refractivity contribution < 1.29 is 38.1 Å². The fourth-order valence-electron chi connectivity index (χ4n) is 10.1. The summed E-state index contributed by atoms with van der Waals surface area (Å²) in [6.45, 7) is 1.99. The van der Waals surface area contributed by atoms with Crippen LogP contribution in [0.15, 0.2) is 147 Å². The average molecular weight is 1030 g/mol. The van der Waals surface area contributed by atoms with Gasteiger partial charge in [0.1, 0.15) is 23.0 Å². The Morgan fingerprint density at radius 2 is 0.500 bits per heavy atom. The number of rotatable bonds is 20. The van der Waals surface area contributed by atoms with E-state index in [1.165, 1.54) is 0 Å². The van der Waals surface area contributed by atoms with Crippen molar-refractivity contribution in [1.29, 1.82) is 0 Å². The van der Waals surface area contributed by atoms with Gasteiger partial charge in [0.2, 0.25) is 23.6 Å². The van der Waals surface area contributed by atoms with E-state index in [0.717, 1.165) is 44.5 Å². The summed E-state index contributed by atoms with van der Waals surface area (Å²) >= 11 is 0. The molecule has 16 nitrogen and oxygen atoms in total. The lowest BCUT2D eigenvalue weighted by Crippen LogP contribution is -2.16. The number of anilines is 4. The quantitative estimate of drug-likeness (QED) is 0.0584. The fraction of sp³-hybridized carbons (Fsp3) is 0.267. The number of amides is 4. The van der Waals surface area contributed by atoms with Crippen molar-refractivity contribution in [2.75, 3.05) is 49.7 Å². The molecule has 1 aliphatic rings. The number of hydrogen-bond donors (Lipinski definition) is 4.